The molecule has 2 amide bonds. The van der Waals surface area contributed by atoms with Gasteiger partial charge in [-0.15, -0.1) is 0 Å². The van der Waals surface area contributed by atoms with Gasteiger partial charge >= 0.3 is 12.1 Å². The lowest BCUT2D eigenvalue weighted by molar-refractivity contribution is -0.144. The van der Waals surface area contributed by atoms with E-state index in [2.05, 4.69) is 15.4 Å². The maximum atomic E-state index is 13.0. The van der Waals surface area contributed by atoms with E-state index < -0.39 is 53.9 Å². The molecule has 1 aliphatic carbocycles. The first-order chi connectivity index (χ1) is 11.3. The summed E-state index contributed by atoms with van der Waals surface area (Å²) in [6.45, 7) is 6.55. The van der Waals surface area contributed by atoms with Gasteiger partial charge in [0.05, 0.1) is 7.11 Å². The van der Waals surface area contributed by atoms with Crippen molar-refractivity contribution in [3.63, 3.8) is 0 Å². The predicted molar refractivity (Wildman–Crippen MR) is 85.1 cm³/mol. The van der Waals surface area contributed by atoms with Crippen LogP contribution in [0.2, 0.25) is 0 Å². The monoisotopic (exact) mass is 364 g/mol. The third kappa shape index (κ3) is 7.23. The Balaban J connectivity index is 2.51. The molecule has 1 rings (SSSR count). The third-order valence-electron chi connectivity index (χ3n) is 3.58. The summed E-state index contributed by atoms with van der Waals surface area (Å²) >= 11 is 0. The van der Waals surface area contributed by atoms with E-state index in [1.807, 2.05) is 0 Å². The van der Waals surface area contributed by atoms with Crippen molar-refractivity contribution in [2.45, 2.75) is 76.5 Å². The number of rotatable bonds is 6. The zero-order valence-electron chi connectivity index (χ0n) is 15.2. The number of hydrogen-bond donors (Lipinski definition) is 2. The van der Waals surface area contributed by atoms with E-state index in [-0.39, 0.29) is 12.8 Å². The number of amides is 2. The van der Waals surface area contributed by atoms with Gasteiger partial charge in [0.25, 0.3) is 5.92 Å². The van der Waals surface area contributed by atoms with Crippen LogP contribution in [0.15, 0.2) is 0 Å². The van der Waals surface area contributed by atoms with E-state index in [4.69, 9.17) is 4.74 Å². The Labute approximate surface area is 145 Å². The number of methoxy groups -OCH3 is 1. The molecule has 1 atom stereocenters. The first kappa shape index (κ1) is 21.1. The van der Waals surface area contributed by atoms with E-state index in [0.29, 0.717) is 0 Å². The first-order valence-corrected chi connectivity index (χ1v) is 8.01. The fourth-order valence-electron chi connectivity index (χ4n) is 2.69. The lowest BCUT2D eigenvalue weighted by Crippen LogP contribution is -2.60. The second kappa shape index (κ2) is 7.53. The molecule has 1 saturated carbocycles. The van der Waals surface area contributed by atoms with Crippen molar-refractivity contribution in [3.05, 3.63) is 0 Å². The van der Waals surface area contributed by atoms with Crippen LogP contribution in [-0.2, 0) is 19.1 Å². The molecule has 0 bridgehead atoms. The van der Waals surface area contributed by atoms with Crippen LogP contribution in [0.4, 0.5) is 13.6 Å². The standard InChI is InChI=1S/C16H26F2N2O5/c1-14(2,3)25-13(23)19-10(12(22)24-5)6-7-11(21)20-15(4)8-16(17,18)9-15/h10H,6-9H2,1-5H3,(H,19,23)(H,20,21)/t10-/m0/s1. The Kier molecular flexibility index (Phi) is 6.36. The summed E-state index contributed by atoms with van der Waals surface area (Å²) < 4.78 is 35.6. The highest BCUT2D eigenvalue weighted by molar-refractivity contribution is 5.83. The van der Waals surface area contributed by atoms with Gasteiger partial charge in [0.2, 0.25) is 5.91 Å². The molecule has 0 heterocycles. The summed E-state index contributed by atoms with van der Waals surface area (Å²) in [7, 11) is 1.16. The van der Waals surface area contributed by atoms with Gasteiger partial charge in [0, 0.05) is 24.8 Å². The molecule has 7 nitrogen and oxygen atoms in total. The van der Waals surface area contributed by atoms with E-state index in [1.165, 1.54) is 0 Å². The zero-order chi connectivity index (χ0) is 19.5. The number of carbonyl (C=O) groups excluding carboxylic acids is 3. The Morgan fingerprint density at radius 2 is 1.76 bits per heavy atom. The van der Waals surface area contributed by atoms with Crippen LogP contribution in [0.25, 0.3) is 0 Å². The molecule has 0 unspecified atom stereocenters. The largest absolute Gasteiger partial charge is 0.467 e. The van der Waals surface area contributed by atoms with Gasteiger partial charge in [0.15, 0.2) is 0 Å². The average molecular weight is 364 g/mol. The SMILES string of the molecule is COC(=O)[C@H](CCC(=O)NC1(C)CC(F)(F)C1)NC(=O)OC(C)(C)C. The maximum Gasteiger partial charge on any atom is 0.408 e. The van der Waals surface area contributed by atoms with Crippen LogP contribution < -0.4 is 10.6 Å². The van der Waals surface area contributed by atoms with Crippen molar-refractivity contribution >= 4 is 18.0 Å². The molecule has 1 fully saturated rings. The summed E-state index contributed by atoms with van der Waals surface area (Å²) in [4.78, 5) is 35.4. The maximum absolute atomic E-state index is 13.0. The van der Waals surface area contributed by atoms with Crippen molar-refractivity contribution in [3.8, 4) is 0 Å². The van der Waals surface area contributed by atoms with E-state index in [1.54, 1.807) is 27.7 Å². The van der Waals surface area contributed by atoms with Crippen molar-refractivity contribution in [1.82, 2.24) is 10.6 Å². The van der Waals surface area contributed by atoms with Gasteiger partial charge in [-0.3, -0.25) is 4.79 Å². The second-order valence-corrected chi connectivity index (χ2v) is 7.58. The fraction of sp³-hybridized carbons (Fsp3) is 0.812. The summed E-state index contributed by atoms with van der Waals surface area (Å²) in [5.74, 6) is -3.95. The van der Waals surface area contributed by atoms with E-state index >= 15 is 0 Å². The number of esters is 1. The van der Waals surface area contributed by atoms with Gasteiger partial charge in [-0.1, -0.05) is 0 Å². The van der Waals surface area contributed by atoms with Gasteiger partial charge in [-0.25, -0.2) is 18.4 Å². The topological polar surface area (TPSA) is 93.7 Å². The lowest BCUT2D eigenvalue weighted by Gasteiger charge is -2.45. The van der Waals surface area contributed by atoms with Crippen LogP contribution in [0, 0.1) is 0 Å². The van der Waals surface area contributed by atoms with Gasteiger partial charge in [0.1, 0.15) is 11.6 Å². The molecular weight excluding hydrogens is 338 g/mol. The highest BCUT2D eigenvalue weighted by Crippen LogP contribution is 2.45. The molecule has 25 heavy (non-hydrogen) atoms. The minimum Gasteiger partial charge on any atom is -0.467 e. The number of nitrogens with one attached hydrogen (secondary N) is 2. The fourth-order valence-corrected chi connectivity index (χ4v) is 2.69. The van der Waals surface area contributed by atoms with Crippen molar-refractivity contribution in [2.24, 2.45) is 0 Å². The van der Waals surface area contributed by atoms with Gasteiger partial charge < -0.3 is 20.1 Å². The first-order valence-electron chi connectivity index (χ1n) is 8.01. The number of halogens is 2. The Hall–Kier alpha value is -1.93. The normalized spacial score (nSPS) is 19.2. The smallest absolute Gasteiger partial charge is 0.408 e. The molecule has 0 aliphatic heterocycles. The van der Waals surface area contributed by atoms with Crippen molar-refractivity contribution in [1.29, 1.82) is 0 Å². The highest BCUT2D eigenvalue weighted by atomic mass is 19.3. The van der Waals surface area contributed by atoms with Crippen LogP contribution in [-0.4, -0.2) is 48.2 Å². The van der Waals surface area contributed by atoms with Crippen LogP contribution >= 0.6 is 0 Å². The average Bonchev–Trinajstić information content (AvgIpc) is 2.37. The number of ether oxygens (including phenoxy) is 2. The molecule has 0 aromatic heterocycles. The Bertz CT molecular complexity index is 523. The number of hydrogen-bond acceptors (Lipinski definition) is 5. The Morgan fingerprint density at radius 3 is 2.20 bits per heavy atom. The summed E-state index contributed by atoms with van der Waals surface area (Å²) in [5, 5.41) is 4.89. The third-order valence-corrected chi connectivity index (χ3v) is 3.58. The summed E-state index contributed by atoms with van der Waals surface area (Å²) in [6, 6.07) is -1.07. The molecule has 0 aromatic rings. The van der Waals surface area contributed by atoms with Gasteiger partial charge in [-0.05, 0) is 34.1 Å². The molecule has 1 aliphatic rings. The van der Waals surface area contributed by atoms with E-state index in [0.717, 1.165) is 7.11 Å². The summed E-state index contributed by atoms with van der Waals surface area (Å²) in [5.41, 5.74) is -1.69. The number of carbonyl (C=O) groups is 3. The van der Waals surface area contributed by atoms with Gasteiger partial charge in [-0.2, -0.15) is 0 Å². The molecule has 9 heteroatoms. The molecule has 2 N–H and O–H groups in total. The summed E-state index contributed by atoms with van der Waals surface area (Å²) in [6.07, 6.45) is -1.81. The Morgan fingerprint density at radius 1 is 1.20 bits per heavy atom. The quantitative estimate of drug-likeness (QED) is 0.704. The minimum absolute atomic E-state index is 0.0375. The zero-order valence-corrected chi connectivity index (χ0v) is 15.2. The number of alkyl carbamates (subject to hydrolysis) is 1. The highest BCUT2D eigenvalue weighted by Gasteiger charge is 2.54. The lowest BCUT2D eigenvalue weighted by atomic mass is 9.75. The molecule has 144 valence electrons. The van der Waals surface area contributed by atoms with Crippen LogP contribution in [0.5, 0.6) is 0 Å². The second-order valence-electron chi connectivity index (χ2n) is 7.58. The molecule has 0 saturated heterocycles. The molecule has 0 spiro atoms. The van der Waals surface area contributed by atoms with E-state index in [9.17, 15) is 23.2 Å². The predicted octanol–water partition coefficient (Wildman–Crippen LogP) is 2.14. The van der Waals surface area contributed by atoms with Crippen molar-refractivity contribution < 1.29 is 32.6 Å². The van der Waals surface area contributed by atoms with Crippen LogP contribution in [0.3, 0.4) is 0 Å². The molecule has 0 radical (unpaired) electrons. The molecular formula is C16H26F2N2O5. The van der Waals surface area contributed by atoms with Crippen LogP contribution in [0.1, 0.15) is 53.4 Å². The molecule has 0 aromatic carbocycles. The van der Waals surface area contributed by atoms with Crippen molar-refractivity contribution in [2.75, 3.05) is 7.11 Å². The number of alkyl halides is 2. The minimum atomic E-state index is -2.76.